The van der Waals surface area contributed by atoms with E-state index in [1.165, 1.54) is 0 Å². The predicted octanol–water partition coefficient (Wildman–Crippen LogP) is 3.26. The van der Waals surface area contributed by atoms with E-state index in [0.29, 0.717) is 23.6 Å². The fourth-order valence-corrected chi connectivity index (χ4v) is 3.74. The van der Waals surface area contributed by atoms with Gasteiger partial charge in [0.25, 0.3) is 10.0 Å². The quantitative estimate of drug-likeness (QED) is 0.880. The Morgan fingerprint density at radius 2 is 1.78 bits per heavy atom. The van der Waals surface area contributed by atoms with E-state index >= 15 is 0 Å². The fourth-order valence-electron chi connectivity index (χ4n) is 2.37. The summed E-state index contributed by atoms with van der Waals surface area (Å²) in [4.78, 5) is 0.243. The molecule has 0 aliphatic heterocycles. The molecule has 0 bridgehead atoms. The Kier molecular flexibility index (Phi) is 5.28. The van der Waals surface area contributed by atoms with Gasteiger partial charge in [-0.15, -0.1) is 0 Å². The average molecular weight is 335 g/mol. The summed E-state index contributed by atoms with van der Waals surface area (Å²) in [6.07, 6.45) is 0. The van der Waals surface area contributed by atoms with Crippen LogP contribution in [0.2, 0.25) is 0 Å². The van der Waals surface area contributed by atoms with E-state index in [4.69, 9.17) is 9.47 Å². The van der Waals surface area contributed by atoms with Crippen molar-refractivity contribution in [3.8, 4) is 5.75 Å². The minimum Gasteiger partial charge on any atom is -0.496 e. The molecular formula is C17H21NO4S. The van der Waals surface area contributed by atoms with Crippen molar-refractivity contribution in [3.63, 3.8) is 0 Å². The van der Waals surface area contributed by atoms with Crippen molar-refractivity contribution in [1.82, 2.24) is 0 Å². The first kappa shape index (κ1) is 17.3. The number of anilines is 1. The van der Waals surface area contributed by atoms with Gasteiger partial charge in [-0.25, -0.2) is 8.42 Å². The van der Waals surface area contributed by atoms with Gasteiger partial charge < -0.3 is 9.47 Å². The van der Waals surface area contributed by atoms with Crippen LogP contribution < -0.4 is 9.46 Å². The number of rotatable bonds is 6. The molecule has 0 aliphatic carbocycles. The molecule has 1 N–H and O–H groups in total. The maximum absolute atomic E-state index is 12.7. The molecule has 0 atom stereocenters. The summed E-state index contributed by atoms with van der Waals surface area (Å²) < 4.78 is 38.2. The molecule has 0 spiro atoms. The molecule has 5 nitrogen and oxygen atoms in total. The van der Waals surface area contributed by atoms with Crippen LogP contribution in [0.4, 0.5) is 5.69 Å². The Hall–Kier alpha value is -2.05. The predicted molar refractivity (Wildman–Crippen MR) is 90.4 cm³/mol. The highest BCUT2D eigenvalue weighted by Crippen LogP contribution is 2.27. The molecule has 124 valence electrons. The Morgan fingerprint density at radius 1 is 1.04 bits per heavy atom. The largest absolute Gasteiger partial charge is 0.496 e. The van der Waals surface area contributed by atoms with Gasteiger partial charge in [-0.1, -0.05) is 12.1 Å². The zero-order valence-electron chi connectivity index (χ0n) is 13.7. The van der Waals surface area contributed by atoms with Crippen molar-refractivity contribution in [2.45, 2.75) is 25.3 Å². The van der Waals surface area contributed by atoms with Crippen LogP contribution in [-0.2, 0) is 21.4 Å². The van der Waals surface area contributed by atoms with Crippen LogP contribution in [0.25, 0.3) is 0 Å². The standard InChI is InChI=1S/C17H21NO4S/c1-12-9-17(13(2)8-16(12)22-4)23(19,20)18-15-7-5-6-14(10-15)11-21-3/h5-10,18H,11H2,1-4H3. The summed E-state index contributed by atoms with van der Waals surface area (Å²) in [5.41, 5.74) is 2.81. The molecule has 0 fully saturated rings. The maximum atomic E-state index is 12.7. The summed E-state index contributed by atoms with van der Waals surface area (Å²) >= 11 is 0. The van der Waals surface area contributed by atoms with Gasteiger partial charge in [0.2, 0.25) is 0 Å². The van der Waals surface area contributed by atoms with Crippen molar-refractivity contribution in [2.75, 3.05) is 18.9 Å². The van der Waals surface area contributed by atoms with E-state index in [2.05, 4.69) is 4.72 Å². The number of nitrogens with one attached hydrogen (secondary N) is 1. The van der Waals surface area contributed by atoms with Crippen molar-refractivity contribution in [3.05, 3.63) is 53.1 Å². The molecular weight excluding hydrogens is 314 g/mol. The number of ether oxygens (including phenoxy) is 2. The highest BCUT2D eigenvalue weighted by Gasteiger charge is 2.19. The van der Waals surface area contributed by atoms with E-state index in [1.807, 2.05) is 13.0 Å². The van der Waals surface area contributed by atoms with Gasteiger partial charge in [0.1, 0.15) is 5.75 Å². The monoisotopic (exact) mass is 335 g/mol. The molecule has 2 rings (SSSR count). The van der Waals surface area contributed by atoms with E-state index in [9.17, 15) is 8.42 Å². The van der Waals surface area contributed by atoms with Crippen LogP contribution in [0.1, 0.15) is 16.7 Å². The lowest BCUT2D eigenvalue weighted by molar-refractivity contribution is 0.185. The van der Waals surface area contributed by atoms with Crippen LogP contribution in [0, 0.1) is 13.8 Å². The summed E-state index contributed by atoms with van der Waals surface area (Å²) in [6, 6.07) is 10.5. The second-order valence-corrected chi connectivity index (χ2v) is 6.98. The topological polar surface area (TPSA) is 64.6 Å². The summed E-state index contributed by atoms with van der Waals surface area (Å²) in [5.74, 6) is 0.670. The Labute approximate surface area is 137 Å². The molecule has 0 unspecified atom stereocenters. The number of hydrogen-bond donors (Lipinski definition) is 1. The number of aryl methyl sites for hydroxylation is 2. The van der Waals surface area contributed by atoms with Crippen LogP contribution in [-0.4, -0.2) is 22.6 Å². The molecule has 6 heteroatoms. The lowest BCUT2D eigenvalue weighted by Crippen LogP contribution is -2.15. The fraction of sp³-hybridized carbons (Fsp3) is 0.294. The van der Waals surface area contributed by atoms with E-state index in [1.54, 1.807) is 51.5 Å². The third kappa shape index (κ3) is 4.03. The lowest BCUT2D eigenvalue weighted by atomic mass is 10.1. The zero-order chi connectivity index (χ0) is 17.0. The number of hydrogen-bond acceptors (Lipinski definition) is 4. The molecule has 2 aromatic rings. The molecule has 0 amide bonds. The van der Waals surface area contributed by atoms with Crippen LogP contribution >= 0.6 is 0 Å². The van der Waals surface area contributed by atoms with Crippen molar-refractivity contribution < 1.29 is 17.9 Å². The van der Waals surface area contributed by atoms with Gasteiger partial charge in [-0.05, 0) is 54.8 Å². The molecule has 0 saturated heterocycles. The smallest absolute Gasteiger partial charge is 0.262 e. The van der Waals surface area contributed by atoms with Gasteiger partial charge in [0, 0.05) is 12.8 Å². The van der Waals surface area contributed by atoms with Crippen molar-refractivity contribution in [2.24, 2.45) is 0 Å². The average Bonchev–Trinajstić information content (AvgIpc) is 2.49. The minimum atomic E-state index is -3.67. The second kappa shape index (κ2) is 7.02. The Morgan fingerprint density at radius 3 is 2.43 bits per heavy atom. The molecule has 0 aliphatic rings. The molecule has 0 radical (unpaired) electrons. The van der Waals surface area contributed by atoms with Gasteiger partial charge >= 0.3 is 0 Å². The number of methoxy groups -OCH3 is 2. The third-order valence-corrected chi connectivity index (χ3v) is 5.00. The van der Waals surface area contributed by atoms with Crippen LogP contribution in [0.3, 0.4) is 0 Å². The zero-order valence-corrected chi connectivity index (χ0v) is 14.5. The van der Waals surface area contributed by atoms with E-state index < -0.39 is 10.0 Å². The minimum absolute atomic E-state index is 0.243. The first-order valence-corrected chi connectivity index (χ1v) is 8.61. The molecule has 23 heavy (non-hydrogen) atoms. The van der Waals surface area contributed by atoms with Gasteiger partial charge in [0.15, 0.2) is 0 Å². The lowest BCUT2D eigenvalue weighted by Gasteiger charge is -2.14. The third-order valence-electron chi connectivity index (χ3n) is 3.47. The second-order valence-electron chi connectivity index (χ2n) is 5.33. The van der Waals surface area contributed by atoms with Crippen LogP contribution in [0.5, 0.6) is 5.75 Å². The number of benzene rings is 2. The first-order valence-electron chi connectivity index (χ1n) is 7.13. The normalized spacial score (nSPS) is 11.3. The summed E-state index contributed by atoms with van der Waals surface area (Å²) in [5, 5.41) is 0. The number of sulfonamides is 1. The maximum Gasteiger partial charge on any atom is 0.262 e. The summed E-state index contributed by atoms with van der Waals surface area (Å²) in [6.45, 7) is 3.99. The Balaban J connectivity index is 2.36. The van der Waals surface area contributed by atoms with Gasteiger partial charge in [-0.2, -0.15) is 0 Å². The van der Waals surface area contributed by atoms with Gasteiger partial charge in [-0.3, -0.25) is 4.72 Å². The van der Waals surface area contributed by atoms with Crippen molar-refractivity contribution in [1.29, 1.82) is 0 Å². The van der Waals surface area contributed by atoms with E-state index in [-0.39, 0.29) is 4.90 Å². The Bertz CT molecular complexity index is 800. The molecule has 0 saturated carbocycles. The summed E-state index contributed by atoms with van der Waals surface area (Å²) in [7, 11) is -0.507. The molecule has 2 aromatic carbocycles. The first-order chi connectivity index (χ1) is 10.9. The van der Waals surface area contributed by atoms with Crippen LogP contribution in [0.15, 0.2) is 41.3 Å². The van der Waals surface area contributed by atoms with Crippen molar-refractivity contribution >= 4 is 15.7 Å². The highest BCUT2D eigenvalue weighted by molar-refractivity contribution is 7.92. The SMILES string of the molecule is COCc1cccc(NS(=O)(=O)c2cc(C)c(OC)cc2C)c1. The van der Waals surface area contributed by atoms with Gasteiger partial charge in [0.05, 0.1) is 18.6 Å². The molecule has 0 aromatic heterocycles. The highest BCUT2D eigenvalue weighted by atomic mass is 32.2. The molecule has 0 heterocycles. The van der Waals surface area contributed by atoms with E-state index in [0.717, 1.165) is 11.1 Å².